The zero-order valence-electron chi connectivity index (χ0n) is 8.93. The van der Waals surface area contributed by atoms with Crippen LogP contribution in [-0.2, 0) is 0 Å². The van der Waals surface area contributed by atoms with E-state index in [4.69, 9.17) is 11.6 Å². The summed E-state index contributed by atoms with van der Waals surface area (Å²) in [6.45, 7) is 0. The van der Waals surface area contributed by atoms with Gasteiger partial charge < -0.3 is 0 Å². The number of hydrogen-bond acceptors (Lipinski definition) is 0. The van der Waals surface area contributed by atoms with Crippen molar-refractivity contribution in [1.29, 1.82) is 0 Å². The molecule has 0 aliphatic rings. The summed E-state index contributed by atoms with van der Waals surface area (Å²) in [5.74, 6) is -4.07. The first kappa shape index (κ1) is 12.9. The maximum absolute atomic E-state index is 13.0. The summed E-state index contributed by atoms with van der Waals surface area (Å²) in [4.78, 5) is 0. The van der Waals surface area contributed by atoms with Crippen LogP contribution in [0.15, 0.2) is 36.4 Å². The van der Waals surface area contributed by atoms with Crippen LogP contribution in [0.4, 0.5) is 17.6 Å². The van der Waals surface area contributed by atoms with Crippen molar-refractivity contribution in [3.05, 3.63) is 70.8 Å². The molecule has 0 nitrogen and oxygen atoms in total. The highest BCUT2D eigenvalue weighted by Gasteiger charge is 2.15. The van der Waals surface area contributed by atoms with Crippen LogP contribution in [0.1, 0.15) is 16.5 Å². The predicted molar refractivity (Wildman–Crippen MR) is 60.4 cm³/mol. The lowest BCUT2D eigenvalue weighted by atomic mass is 10.0. The molecule has 0 radical (unpaired) electrons. The minimum atomic E-state index is -1.04. The first-order chi connectivity index (χ1) is 8.49. The standard InChI is InChI=1S/C13H7ClF4/c14-13(7-1-3-9(15)11(17)5-7)8-2-4-10(16)12(18)6-8/h1-6,13H. The molecule has 0 aliphatic heterocycles. The quantitative estimate of drug-likeness (QED) is 0.556. The van der Waals surface area contributed by atoms with Crippen LogP contribution in [0.5, 0.6) is 0 Å². The van der Waals surface area contributed by atoms with E-state index in [1.54, 1.807) is 0 Å². The summed E-state index contributed by atoms with van der Waals surface area (Å²) >= 11 is 6.00. The molecule has 2 rings (SSSR count). The van der Waals surface area contributed by atoms with Gasteiger partial charge in [0.05, 0.1) is 5.38 Å². The molecule has 0 heterocycles. The van der Waals surface area contributed by atoms with Gasteiger partial charge in [0.2, 0.25) is 0 Å². The Hall–Kier alpha value is -1.55. The summed E-state index contributed by atoms with van der Waals surface area (Å²) in [6, 6.07) is 6.29. The molecule has 2 aromatic carbocycles. The van der Waals surface area contributed by atoms with Crippen molar-refractivity contribution in [2.24, 2.45) is 0 Å². The van der Waals surface area contributed by atoms with Crippen LogP contribution in [0.25, 0.3) is 0 Å². The van der Waals surface area contributed by atoms with E-state index < -0.39 is 28.6 Å². The third-order valence-electron chi connectivity index (χ3n) is 2.47. The lowest BCUT2D eigenvalue weighted by molar-refractivity contribution is 0.505. The molecule has 0 bridgehead atoms. The summed E-state index contributed by atoms with van der Waals surface area (Å²) in [5, 5.41) is -0.879. The first-order valence-corrected chi connectivity index (χ1v) is 5.46. The van der Waals surface area contributed by atoms with Gasteiger partial charge in [0, 0.05) is 0 Å². The second-order valence-electron chi connectivity index (χ2n) is 3.71. The van der Waals surface area contributed by atoms with Gasteiger partial charge in [0.1, 0.15) is 0 Å². The SMILES string of the molecule is Fc1ccc(C(Cl)c2ccc(F)c(F)c2)cc1F. The lowest BCUT2D eigenvalue weighted by Crippen LogP contribution is -1.97. The fourth-order valence-electron chi connectivity index (χ4n) is 1.53. The lowest BCUT2D eigenvalue weighted by Gasteiger charge is -2.11. The molecule has 5 heteroatoms. The maximum atomic E-state index is 13.0. The predicted octanol–water partition coefficient (Wildman–Crippen LogP) is 4.57. The molecule has 0 unspecified atom stereocenters. The van der Waals surface area contributed by atoms with E-state index in [-0.39, 0.29) is 11.1 Å². The molecule has 0 saturated carbocycles. The van der Waals surface area contributed by atoms with Crippen LogP contribution in [-0.4, -0.2) is 0 Å². The zero-order valence-corrected chi connectivity index (χ0v) is 9.69. The minimum Gasteiger partial charge on any atom is -0.204 e. The van der Waals surface area contributed by atoms with Crippen molar-refractivity contribution in [3.8, 4) is 0 Å². The van der Waals surface area contributed by atoms with Gasteiger partial charge in [-0.25, -0.2) is 17.6 Å². The van der Waals surface area contributed by atoms with Crippen molar-refractivity contribution in [3.63, 3.8) is 0 Å². The average Bonchev–Trinajstić information content (AvgIpc) is 2.35. The second-order valence-corrected chi connectivity index (χ2v) is 4.15. The van der Waals surface area contributed by atoms with Crippen molar-refractivity contribution in [2.45, 2.75) is 5.38 Å². The molecule has 0 aliphatic carbocycles. The largest absolute Gasteiger partial charge is 0.204 e. The van der Waals surface area contributed by atoms with Crippen LogP contribution >= 0.6 is 11.6 Å². The molecular formula is C13H7ClF4. The maximum Gasteiger partial charge on any atom is 0.159 e. The Bertz CT molecular complexity index is 532. The van der Waals surface area contributed by atoms with Crippen molar-refractivity contribution >= 4 is 11.6 Å². The molecule has 18 heavy (non-hydrogen) atoms. The van der Waals surface area contributed by atoms with Crippen LogP contribution in [0, 0.1) is 23.3 Å². The highest BCUT2D eigenvalue weighted by atomic mass is 35.5. The van der Waals surface area contributed by atoms with Gasteiger partial charge in [-0.1, -0.05) is 12.1 Å². The molecule has 0 saturated heterocycles. The van der Waals surface area contributed by atoms with E-state index in [0.717, 1.165) is 24.3 Å². The highest BCUT2D eigenvalue weighted by Crippen LogP contribution is 2.30. The Balaban J connectivity index is 2.37. The smallest absolute Gasteiger partial charge is 0.159 e. The Morgan fingerprint density at radius 1 is 0.667 bits per heavy atom. The van der Waals surface area contributed by atoms with Gasteiger partial charge in [-0.15, -0.1) is 11.6 Å². The molecule has 0 aromatic heterocycles. The molecule has 0 spiro atoms. The topological polar surface area (TPSA) is 0 Å². The van der Waals surface area contributed by atoms with Crippen molar-refractivity contribution < 1.29 is 17.6 Å². The van der Waals surface area contributed by atoms with Gasteiger partial charge in [-0.05, 0) is 35.4 Å². The fourth-order valence-corrected chi connectivity index (χ4v) is 1.80. The molecule has 2 aromatic rings. The zero-order chi connectivity index (χ0) is 13.3. The van der Waals surface area contributed by atoms with Gasteiger partial charge in [0.15, 0.2) is 23.3 Å². The molecular weight excluding hydrogens is 268 g/mol. The second kappa shape index (κ2) is 4.98. The summed E-state index contributed by atoms with van der Waals surface area (Å²) in [5.41, 5.74) is 0.531. The molecule has 0 N–H and O–H groups in total. The van der Waals surface area contributed by atoms with Crippen LogP contribution in [0.2, 0.25) is 0 Å². The van der Waals surface area contributed by atoms with Gasteiger partial charge in [-0.3, -0.25) is 0 Å². The molecule has 0 fully saturated rings. The van der Waals surface area contributed by atoms with E-state index in [2.05, 4.69) is 0 Å². The minimum absolute atomic E-state index is 0.265. The van der Waals surface area contributed by atoms with E-state index in [1.165, 1.54) is 12.1 Å². The Morgan fingerprint density at radius 3 is 1.39 bits per heavy atom. The van der Waals surface area contributed by atoms with Crippen LogP contribution < -0.4 is 0 Å². The van der Waals surface area contributed by atoms with Gasteiger partial charge in [-0.2, -0.15) is 0 Å². The third-order valence-corrected chi connectivity index (χ3v) is 2.98. The third kappa shape index (κ3) is 2.48. The first-order valence-electron chi connectivity index (χ1n) is 5.03. The molecule has 0 atom stereocenters. The Morgan fingerprint density at radius 2 is 1.06 bits per heavy atom. The number of halogens is 5. The van der Waals surface area contributed by atoms with E-state index in [0.29, 0.717) is 0 Å². The fraction of sp³-hybridized carbons (Fsp3) is 0.0769. The number of alkyl halides is 1. The van der Waals surface area contributed by atoms with Gasteiger partial charge >= 0.3 is 0 Å². The normalized spacial score (nSPS) is 11.0. The Kier molecular flexibility index (Phi) is 3.57. The average molecular weight is 275 g/mol. The number of rotatable bonds is 2. The Labute approximate surface area is 106 Å². The monoisotopic (exact) mass is 274 g/mol. The van der Waals surface area contributed by atoms with E-state index >= 15 is 0 Å². The number of hydrogen-bond donors (Lipinski definition) is 0. The van der Waals surface area contributed by atoms with Crippen LogP contribution in [0.3, 0.4) is 0 Å². The van der Waals surface area contributed by atoms with E-state index in [1.807, 2.05) is 0 Å². The highest BCUT2D eigenvalue weighted by molar-refractivity contribution is 6.22. The summed E-state index contributed by atoms with van der Waals surface area (Å²) in [7, 11) is 0. The van der Waals surface area contributed by atoms with Gasteiger partial charge in [0.25, 0.3) is 0 Å². The van der Waals surface area contributed by atoms with Crippen molar-refractivity contribution in [2.75, 3.05) is 0 Å². The molecule has 0 amide bonds. The summed E-state index contributed by atoms with van der Waals surface area (Å²) in [6.07, 6.45) is 0. The summed E-state index contributed by atoms with van der Waals surface area (Å²) < 4.78 is 51.6. The molecule has 94 valence electrons. The van der Waals surface area contributed by atoms with Crippen molar-refractivity contribution in [1.82, 2.24) is 0 Å². The number of benzene rings is 2. The van der Waals surface area contributed by atoms with E-state index in [9.17, 15) is 17.6 Å².